The van der Waals surface area contributed by atoms with Crippen LogP contribution < -0.4 is 5.73 Å². The summed E-state index contributed by atoms with van der Waals surface area (Å²) in [6.07, 6.45) is 2.87. The highest BCUT2D eigenvalue weighted by Crippen LogP contribution is 2.24. The SMILES string of the molecule is Nc1ncnc2oc(-c3ccco3)nc12. The molecule has 0 amide bonds. The molecule has 0 saturated carbocycles. The highest BCUT2D eigenvalue weighted by atomic mass is 16.4. The largest absolute Gasteiger partial charge is 0.459 e. The third-order valence-corrected chi connectivity index (χ3v) is 1.96. The summed E-state index contributed by atoms with van der Waals surface area (Å²) in [6, 6.07) is 3.49. The van der Waals surface area contributed by atoms with Gasteiger partial charge in [0.05, 0.1) is 6.26 Å². The lowest BCUT2D eigenvalue weighted by atomic mass is 10.4. The molecule has 0 saturated heterocycles. The lowest BCUT2D eigenvalue weighted by molar-refractivity contribution is 0.531. The summed E-state index contributed by atoms with van der Waals surface area (Å²) in [7, 11) is 0. The molecule has 0 spiro atoms. The average molecular weight is 202 g/mol. The van der Waals surface area contributed by atoms with Gasteiger partial charge in [-0.25, -0.2) is 9.97 Å². The third-order valence-electron chi connectivity index (χ3n) is 1.96. The zero-order valence-electron chi connectivity index (χ0n) is 7.54. The molecule has 15 heavy (non-hydrogen) atoms. The predicted octanol–water partition coefficient (Wildman–Crippen LogP) is 1.46. The van der Waals surface area contributed by atoms with Crippen LogP contribution in [0.1, 0.15) is 0 Å². The summed E-state index contributed by atoms with van der Waals surface area (Å²) >= 11 is 0. The molecule has 0 aliphatic heterocycles. The minimum atomic E-state index is 0.293. The minimum Gasteiger partial charge on any atom is -0.459 e. The smallest absolute Gasteiger partial charge is 0.265 e. The normalized spacial score (nSPS) is 10.9. The van der Waals surface area contributed by atoms with E-state index < -0.39 is 0 Å². The summed E-state index contributed by atoms with van der Waals surface area (Å²) in [6.45, 7) is 0. The highest BCUT2D eigenvalue weighted by Gasteiger charge is 2.13. The van der Waals surface area contributed by atoms with Crippen LogP contribution in [0.25, 0.3) is 22.9 Å². The highest BCUT2D eigenvalue weighted by molar-refractivity contribution is 5.81. The van der Waals surface area contributed by atoms with Crippen LogP contribution in [0.2, 0.25) is 0 Å². The molecule has 6 nitrogen and oxygen atoms in total. The second-order valence-corrected chi connectivity index (χ2v) is 2.91. The number of oxazole rings is 1. The van der Waals surface area contributed by atoms with Crippen LogP contribution in [-0.2, 0) is 0 Å². The molecule has 0 aromatic carbocycles. The van der Waals surface area contributed by atoms with Crippen LogP contribution >= 0.6 is 0 Å². The van der Waals surface area contributed by atoms with Crippen LogP contribution in [-0.4, -0.2) is 15.0 Å². The Morgan fingerprint density at radius 1 is 1.27 bits per heavy atom. The van der Waals surface area contributed by atoms with Crippen LogP contribution in [0.4, 0.5) is 5.82 Å². The first kappa shape index (κ1) is 7.98. The van der Waals surface area contributed by atoms with Crippen molar-refractivity contribution in [3.05, 3.63) is 24.7 Å². The molecule has 0 unspecified atom stereocenters. The molecule has 0 radical (unpaired) electrons. The van der Waals surface area contributed by atoms with Crippen molar-refractivity contribution in [1.82, 2.24) is 15.0 Å². The van der Waals surface area contributed by atoms with Gasteiger partial charge in [0.1, 0.15) is 6.33 Å². The number of nitrogen functional groups attached to an aromatic ring is 1. The van der Waals surface area contributed by atoms with Crippen molar-refractivity contribution in [2.45, 2.75) is 0 Å². The molecule has 3 aromatic heterocycles. The van der Waals surface area contributed by atoms with E-state index in [1.807, 2.05) is 0 Å². The first-order valence-corrected chi connectivity index (χ1v) is 4.25. The van der Waals surface area contributed by atoms with Gasteiger partial charge in [-0.15, -0.1) is 0 Å². The van der Waals surface area contributed by atoms with Gasteiger partial charge in [-0.3, -0.25) is 0 Å². The second-order valence-electron chi connectivity index (χ2n) is 2.91. The quantitative estimate of drug-likeness (QED) is 0.642. The third kappa shape index (κ3) is 1.15. The van der Waals surface area contributed by atoms with Gasteiger partial charge in [0.15, 0.2) is 17.1 Å². The van der Waals surface area contributed by atoms with Crippen molar-refractivity contribution in [2.75, 3.05) is 5.73 Å². The first-order valence-electron chi connectivity index (χ1n) is 4.25. The number of hydrogen-bond acceptors (Lipinski definition) is 6. The van der Waals surface area contributed by atoms with Gasteiger partial charge in [0.2, 0.25) is 0 Å². The fourth-order valence-corrected chi connectivity index (χ4v) is 1.28. The van der Waals surface area contributed by atoms with Gasteiger partial charge in [-0.1, -0.05) is 0 Å². The molecule has 0 bridgehead atoms. The molecular weight excluding hydrogens is 196 g/mol. The van der Waals surface area contributed by atoms with Crippen molar-refractivity contribution < 1.29 is 8.83 Å². The molecular formula is C9H6N4O2. The van der Waals surface area contributed by atoms with Crippen molar-refractivity contribution in [2.24, 2.45) is 0 Å². The zero-order chi connectivity index (χ0) is 10.3. The van der Waals surface area contributed by atoms with Gasteiger partial charge in [0.25, 0.3) is 11.6 Å². The molecule has 3 heterocycles. The Bertz CT molecular complexity index is 600. The van der Waals surface area contributed by atoms with Crippen molar-refractivity contribution in [1.29, 1.82) is 0 Å². The Labute approximate surface area is 83.8 Å². The first-order chi connectivity index (χ1) is 7.34. The molecule has 2 N–H and O–H groups in total. The second kappa shape index (κ2) is 2.81. The fourth-order valence-electron chi connectivity index (χ4n) is 1.28. The summed E-state index contributed by atoms with van der Waals surface area (Å²) < 4.78 is 10.5. The topological polar surface area (TPSA) is 91.0 Å². The van der Waals surface area contributed by atoms with E-state index in [9.17, 15) is 0 Å². The Balaban J connectivity index is 2.27. The van der Waals surface area contributed by atoms with E-state index in [-0.39, 0.29) is 0 Å². The Hall–Kier alpha value is -2.37. The minimum absolute atomic E-state index is 0.293. The van der Waals surface area contributed by atoms with Crippen molar-refractivity contribution in [3.63, 3.8) is 0 Å². The zero-order valence-corrected chi connectivity index (χ0v) is 7.54. The monoisotopic (exact) mass is 202 g/mol. The van der Waals surface area contributed by atoms with E-state index in [2.05, 4.69) is 15.0 Å². The van der Waals surface area contributed by atoms with Crippen LogP contribution in [0, 0.1) is 0 Å². The van der Waals surface area contributed by atoms with E-state index in [1.165, 1.54) is 6.33 Å². The summed E-state index contributed by atoms with van der Waals surface area (Å²) in [5, 5.41) is 0. The molecule has 3 rings (SSSR count). The van der Waals surface area contributed by atoms with E-state index in [1.54, 1.807) is 18.4 Å². The summed E-state index contributed by atoms with van der Waals surface area (Å²) in [5.41, 5.74) is 6.42. The Morgan fingerprint density at radius 3 is 2.93 bits per heavy atom. The Kier molecular flexibility index (Phi) is 1.49. The summed E-state index contributed by atoms with van der Waals surface area (Å²) in [4.78, 5) is 11.9. The maximum Gasteiger partial charge on any atom is 0.265 e. The molecule has 6 heteroatoms. The number of rotatable bonds is 1. The van der Waals surface area contributed by atoms with Gasteiger partial charge < -0.3 is 14.6 Å². The van der Waals surface area contributed by atoms with E-state index in [4.69, 9.17) is 14.6 Å². The van der Waals surface area contributed by atoms with Crippen molar-refractivity contribution in [3.8, 4) is 11.7 Å². The predicted molar refractivity (Wildman–Crippen MR) is 51.7 cm³/mol. The van der Waals surface area contributed by atoms with Gasteiger partial charge >= 0.3 is 0 Å². The van der Waals surface area contributed by atoms with Gasteiger partial charge in [-0.2, -0.15) is 4.98 Å². The molecule has 3 aromatic rings. The standard InChI is InChI=1S/C9H6N4O2/c10-7-6-9(12-4-11-7)15-8(13-6)5-2-1-3-14-5/h1-4H,(H2,10,11,12). The number of hydrogen-bond donors (Lipinski definition) is 1. The summed E-state index contributed by atoms with van der Waals surface area (Å²) in [5.74, 6) is 1.18. The van der Waals surface area contributed by atoms with Gasteiger partial charge in [0, 0.05) is 0 Å². The molecule has 0 fully saturated rings. The van der Waals surface area contributed by atoms with E-state index >= 15 is 0 Å². The number of nitrogens with zero attached hydrogens (tertiary/aromatic N) is 3. The maximum absolute atomic E-state index is 5.62. The van der Waals surface area contributed by atoms with Crippen LogP contribution in [0.5, 0.6) is 0 Å². The number of aromatic nitrogens is 3. The molecule has 0 atom stereocenters. The lowest BCUT2D eigenvalue weighted by Gasteiger charge is -1.87. The van der Waals surface area contributed by atoms with Crippen LogP contribution in [0.3, 0.4) is 0 Å². The van der Waals surface area contributed by atoms with Crippen LogP contribution in [0.15, 0.2) is 33.6 Å². The van der Waals surface area contributed by atoms with E-state index in [0.29, 0.717) is 28.7 Å². The number of nitrogens with two attached hydrogens (primary N) is 1. The maximum atomic E-state index is 5.62. The lowest BCUT2D eigenvalue weighted by Crippen LogP contribution is -1.91. The van der Waals surface area contributed by atoms with Crippen molar-refractivity contribution >= 4 is 17.0 Å². The number of furan rings is 1. The molecule has 74 valence electrons. The molecule has 0 aliphatic rings. The fraction of sp³-hybridized carbons (Fsp3) is 0. The number of anilines is 1. The molecule has 0 aliphatic carbocycles. The van der Waals surface area contributed by atoms with E-state index in [0.717, 1.165) is 0 Å². The van der Waals surface area contributed by atoms with Gasteiger partial charge in [-0.05, 0) is 12.1 Å². The Morgan fingerprint density at radius 2 is 2.20 bits per heavy atom. The average Bonchev–Trinajstić information content (AvgIpc) is 2.86. The number of fused-ring (bicyclic) bond motifs is 1.